The Balaban J connectivity index is 0.653. The lowest BCUT2D eigenvalue weighted by molar-refractivity contribution is -0.152. The smallest absolute Gasteiger partial charge is 0.307 e. The molecule has 16 atom stereocenters. The summed E-state index contributed by atoms with van der Waals surface area (Å²) in [5.74, 6) is 12.4. The summed E-state index contributed by atoms with van der Waals surface area (Å²) in [5, 5.41) is 6.95. The van der Waals surface area contributed by atoms with Crippen molar-refractivity contribution >= 4 is 11.9 Å². The van der Waals surface area contributed by atoms with Crippen LogP contribution in [0.1, 0.15) is 222 Å². The molecule has 0 aromatic rings. The van der Waals surface area contributed by atoms with Crippen LogP contribution in [-0.2, 0) is 19.1 Å². The third-order valence-corrected chi connectivity index (χ3v) is 21.8. The Labute approximate surface area is 417 Å². The number of unbranched alkanes of at least 4 members (excludes halogenated alkanes) is 1. The Morgan fingerprint density at radius 1 is 0.515 bits per heavy atom. The second-order valence-electron chi connectivity index (χ2n) is 26.6. The van der Waals surface area contributed by atoms with E-state index in [4.69, 9.17) is 9.47 Å². The van der Waals surface area contributed by atoms with Crippen molar-refractivity contribution in [1.82, 2.24) is 10.6 Å². The molecule has 8 aliphatic rings. The van der Waals surface area contributed by atoms with Crippen LogP contribution in [0.25, 0.3) is 0 Å². The Morgan fingerprint density at radius 2 is 0.926 bits per heavy atom. The van der Waals surface area contributed by atoms with Crippen molar-refractivity contribution in [2.75, 3.05) is 26.2 Å². The van der Waals surface area contributed by atoms with E-state index in [2.05, 4.69) is 78.2 Å². The van der Waals surface area contributed by atoms with Gasteiger partial charge in [-0.05, 0) is 210 Å². The highest BCUT2D eigenvalue weighted by Gasteiger charge is 2.56. The van der Waals surface area contributed by atoms with Gasteiger partial charge in [0.15, 0.2) is 0 Å². The summed E-state index contributed by atoms with van der Waals surface area (Å²) < 4.78 is 12.3. The molecule has 16 unspecified atom stereocenters. The van der Waals surface area contributed by atoms with Gasteiger partial charge in [-0.1, -0.05) is 117 Å². The zero-order chi connectivity index (χ0) is 48.0. The summed E-state index contributed by atoms with van der Waals surface area (Å²) in [4.78, 5) is 25.9. The number of hydrogen-bond donors (Lipinski definition) is 2. The summed E-state index contributed by atoms with van der Waals surface area (Å²) in [5.41, 5.74) is 3.83. The minimum Gasteiger partial charge on any atom is -0.462 e. The topological polar surface area (TPSA) is 76.7 Å². The molecular weight excluding hydrogens is 837 g/mol. The molecule has 6 nitrogen and oxygen atoms in total. The van der Waals surface area contributed by atoms with E-state index in [1.807, 2.05) is 0 Å². The molecule has 386 valence electrons. The molecule has 0 saturated heterocycles. The van der Waals surface area contributed by atoms with Crippen molar-refractivity contribution in [2.24, 2.45) is 93.7 Å². The maximum absolute atomic E-state index is 13.0. The summed E-state index contributed by atoms with van der Waals surface area (Å²) in [6.45, 7) is 22.9. The first-order valence-corrected chi connectivity index (χ1v) is 29.9. The van der Waals surface area contributed by atoms with E-state index in [0.717, 1.165) is 134 Å². The number of ether oxygens (including phenoxy) is 2. The second kappa shape index (κ2) is 23.9. The summed E-state index contributed by atoms with van der Waals surface area (Å²) >= 11 is 0. The summed E-state index contributed by atoms with van der Waals surface area (Å²) in [6.07, 6.45) is 37.2. The number of carbonyl (C=O) groups excluding carboxylic acids is 2. The van der Waals surface area contributed by atoms with Crippen molar-refractivity contribution in [1.29, 1.82) is 0 Å². The SMILES string of the molecule is CC(C)CCCC(C)C1CCC2C1CCC1C2CC=C2CC(OC(=O)CCNCCCCNCCC(=O)OC3CCC4(C)C(=CCC5C6CCC(C(C)CCCC(C)C)C6CCC54)C3)CCC21C. The number of esters is 2. The van der Waals surface area contributed by atoms with E-state index in [0.29, 0.717) is 36.8 Å². The molecule has 0 aromatic carbocycles. The molecule has 8 aliphatic carbocycles. The molecule has 6 heteroatoms. The van der Waals surface area contributed by atoms with Crippen LogP contribution < -0.4 is 10.6 Å². The predicted molar refractivity (Wildman–Crippen MR) is 281 cm³/mol. The van der Waals surface area contributed by atoms with Crippen LogP contribution in [0.5, 0.6) is 0 Å². The molecule has 0 bridgehead atoms. The fraction of sp³-hybridized carbons (Fsp3) is 0.903. The van der Waals surface area contributed by atoms with Crippen molar-refractivity contribution in [3.05, 3.63) is 23.3 Å². The normalized spacial score (nSPS) is 38.3. The van der Waals surface area contributed by atoms with E-state index in [1.165, 1.54) is 116 Å². The fourth-order valence-electron chi connectivity index (χ4n) is 18.0. The standard InChI is InChI=1S/C62H104N2O4/c1-41(2)13-11-15-43(5)49-21-23-53-51(49)25-27-57-55(53)19-17-45-39-47(29-33-61(45,57)7)67-59(65)31-37-63-35-9-10-36-64-38-32-60(66)68-48-30-34-62(8)46(40-48)18-20-56-54-24-22-50(52(54)26-28-58(56)62)44(6)16-12-14-42(3)4/h17-18,41-44,47-58,63-64H,9-16,19-40H2,1-8H3. The minimum absolute atomic E-state index is 0.0441. The number of fused-ring (bicyclic) bond motifs is 10. The number of hydrogen-bond acceptors (Lipinski definition) is 6. The van der Waals surface area contributed by atoms with Crippen LogP contribution in [0, 0.1) is 93.7 Å². The van der Waals surface area contributed by atoms with Crippen LogP contribution in [0.15, 0.2) is 23.3 Å². The molecule has 0 aromatic heterocycles. The van der Waals surface area contributed by atoms with Gasteiger partial charge in [0.2, 0.25) is 0 Å². The van der Waals surface area contributed by atoms with Crippen LogP contribution >= 0.6 is 0 Å². The zero-order valence-electron chi connectivity index (χ0n) is 45.2. The third kappa shape index (κ3) is 12.2. The molecule has 0 aliphatic heterocycles. The second-order valence-corrected chi connectivity index (χ2v) is 26.6. The van der Waals surface area contributed by atoms with Gasteiger partial charge in [0.1, 0.15) is 12.2 Å². The average molecular weight is 942 g/mol. The molecule has 8 rings (SSSR count). The molecular formula is C62H104N2O4. The van der Waals surface area contributed by atoms with Gasteiger partial charge in [-0.2, -0.15) is 0 Å². The van der Waals surface area contributed by atoms with E-state index < -0.39 is 0 Å². The molecule has 0 spiro atoms. The Morgan fingerprint density at radius 3 is 1.34 bits per heavy atom. The predicted octanol–water partition coefficient (Wildman–Crippen LogP) is 14.9. The number of carbonyl (C=O) groups is 2. The van der Waals surface area contributed by atoms with Crippen molar-refractivity contribution in [2.45, 2.75) is 235 Å². The molecule has 6 fully saturated rings. The van der Waals surface area contributed by atoms with Crippen molar-refractivity contribution in [3.8, 4) is 0 Å². The lowest BCUT2D eigenvalue weighted by atomic mass is 9.50. The van der Waals surface area contributed by atoms with Crippen LogP contribution in [0.3, 0.4) is 0 Å². The number of rotatable bonds is 23. The largest absolute Gasteiger partial charge is 0.462 e. The Hall–Kier alpha value is -1.66. The average Bonchev–Trinajstić information content (AvgIpc) is 3.95. The highest BCUT2D eigenvalue weighted by atomic mass is 16.5. The Kier molecular flexibility index (Phi) is 18.5. The maximum Gasteiger partial charge on any atom is 0.307 e. The molecule has 68 heavy (non-hydrogen) atoms. The number of allylic oxidation sites excluding steroid dienone is 2. The molecule has 0 heterocycles. The van der Waals surface area contributed by atoms with E-state index in [-0.39, 0.29) is 24.1 Å². The lowest BCUT2D eigenvalue weighted by Crippen LogP contribution is -2.48. The lowest BCUT2D eigenvalue weighted by Gasteiger charge is -2.55. The van der Waals surface area contributed by atoms with Gasteiger partial charge in [0.25, 0.3) is 0 Å². The monoisotopic (exact) mass is 941 g/mol. The van der Waals surface area contributed by atoms with Gasteiger partial charge >= 0.3 is 11.9 Å². The first-order chi connectivity index (χ1) is 32.7. The first-order valence-electron chi connectivity index (χ1n) is 29.9. The van der Waals surface area contributed by atoms with Crippen LogP contribution in [0.4, 0.5) is 0 Å². The maximum atomic E-state index is 13.0. The van der Waals surface area contributed by atoms with Gasteiger partial charge in [-0.25, -0.2) is 0 Å². The van der Waals surface area contributed by atoms with E-state index in [9.17, 15) is 9.59 Å². The van der Waals surface area contributed by atoms with Crippen LogP contribution in [-0.4, -0.2) is 50.3 Å². The number of nitrogens with one attached hydrogen (secondary N) is 2. The first kappa shape index (κ1) is 52.7. The van der Waals surface area contributed by atoms with Crippen molar-refractivity contribution in [3.63, 3.8) is 0 Å². The van der Waals surface area contributed by atoms with Crippen LogP contribution in [0.2, 0.25) is 0 Å². The van der Waals surface area contributed by atoms with Gasteiger partial charge in [-0.3, -0.25) is 9.59 Å². The molecule has 6 saturated carbocycles. The van der Waals surface area contributed by atoms with Gasteiger partial charge in [0.05, 0.1) is 12.8 Å². The summed E-state index contributed by atoms with van der Waals surface area (Å²) in [7, 11) is 0. The quantitative estimate of drug-likeness (QED) is 0.0604. The highest BCUT2D eigenvalue weighted by Crippen LogP contribution is 2.65. The highest BCUT2D eigenvalue weighted by molar-refractivity contribution is 5.70. The minimum atomic E-state index is -0.0441. The van der Waals surface area contributed by atoms with E-state index in [1.54, 1.807) is 11.1 Å². The van der Waals surface area contributed by atoms with Gasteiger partial charge < -0.3 is 20.1 Å². The zero-order valence-corrected chi connectivity index (χ0v) is 45.2. The molecule has 2 N–H and O–H groups in total. The fourth-order valence-corrected chi connectivity index (χ4v) is 18.0. The van der Waals surface area contributed by atoms with E-state index >= 15 is 0 Å². The molecule has 0 radical (unpaired) electrons. The summed E-state index contributed by atoms with van der Waals surface area (Å²) in [6, 6.07) is 0. The van der Waals surface area contributed by atoms with Crippen molar-refractivity contribution < 1.29 is 19.1 Å². The Bertz CT molecular complexity index is 1580. The van der Waals surface area contributed by atoms with Gasteiger partial charge in [-0.15, -0.1) is 0 Å². The third-order valence-electron chi connectivity index (χ3n) is 21.8. The van der Waals surface area contributed by atoms with Gasteiger partial charge in [0, 0.05) is 25.9 Å². The molecule has 0 amide bonds.